The highest BCUT2D eigenvalue weighted by atomic mass is 32.2. The number of rotatable bonds is 10. The maximum Gasteiger partial charge on any atom is 0.352 e. The number of thiazole rings is 1. The number of hydrogen-bond donors (Lipinski definition) is 5. The molecule has 220 valence electrons. The zero-order chi connectivity index (χ0) is 30.1. The first kappa shape index (κ1) is 29.4. The second-order valence-electron chi connectivity index (χ2n) is 8.66. The Hall–Kier alpha value is -4.14. The Balaban J connectivity index is 1.34. The number of pyridine rings is 1. The number of carboxylic acids is 1. The highest BCUT2D eigenvalue weighted by Crippen LogP contribution is 2.41. The molecule has 2 aliphatic heterocycles. The quantitative estimate of drug-likeness (QED) is 0.0667. The van der Waals surface area contributed by atoms with Crippen molar-refractivity contribution in [1.82, 2.24) is 29.3 Å². The molecule has 3 atom stereocenters. The number of carboxylic acid groups (broad SMARTS) is 1. The van der Waals surface area contributed by atoms with E-state index in [2.05, 4.69) is 24.8 Å². The highest BCUT2D eigenvalue weighted by molar-refractivity contribution is 8.01. The average molecular weight is 653 g/mol. The topological polar surface area (TPSA) is 235 Å². The van der Waals surface area contributed by atoms with Crippen molar-refractivity contribution in [1.29, 1.82) is 0 Å². The molecule has 16 nitrogen and oxygen atoms in total. The summed E-state index contributed by atoms with van der Waals surface area (Å²) < 4.78 is 5.06. The van der Waals surface area contributed by atoms with Crippen LogP contribution in [0.1, 0.15) is 24.4 Å². The van der Waals surface area contributed by atoms with Crippen molar-refractivity contribution in [3.05, 3.63) is 56.9 Å². The number of nitrogens with two attached hydrogens (primary N) is 1. The van der Waals surface area contributed by atoms with E-state index in [9.17, 15) is 34.6 Å². The molecule has 2 aliphatic rings. The number of aromatic nitrogens is 4. The van der Waals surface area contributed by atoms with Crippen LogP contribution in [-0.4, -0.2) is 85.8 Å². The largest absolute Gasteiger partial charge is 0.503 e. The van der Waals surface area contributed by atoms with Gasteiger partial charge in [0.05, 0.1) is 6.20 Å². The molecule has 3 aromatic rings. The molecule has 1 saturated heterocycles. The maximum absolute atomic E-state index is 13.3. The molecule has 20 heteroatoms. The number of aliphatic carboxylic acids is 1. The zero-order valence-electron chi connectivity index (χ0n) is 21.2. The summed E-state index contributed by atoms with van der Waals surface area (Å²) in [4.78, 5) is 65.1. The lowest BCUT2D eigenvalue weighted by Crippen LogP contribution is -2.71. The number of oxime groups is 1. The van der Waals surface area contributed by atoms with Crippen LogP contribution in [0.4, 0.5) is 5.13 Å². The molecular formula is C22H20N8O8S4. The number of fused-ring (bicyclic) bond motifs is 1. The third-order valence-electron chi connectivity index (χ3n) is 5.99. The smallest absolute Gasteiger partial charge is 0.352 e. The molecule has 0 spiro atoms. The first-order chi connectivity index (χ1) is 20.0. The number of aromatic hydroxyl groups is 1. The van der Waals surface area contributed by atoms with Gasteiger partial charge in [0.2, 0.25) is 5.43 Å². The van der Waals surface area contributed by atoms with E-state index in [-0.39, 0.29) is 27.9 Å². The molecule has 1 unspecified atom stereocenters. The Morgan fingerprint density at radius 1 is 1.38 bits per heavy atom. The third kappa shape index (κ3) is 5.78. The van der Waals surface area contributed by atoms with Crippen molar-refractivity contribution in [3.63, 3.8) is 0 Å². The van der Waals surface area contributed by atoms with Crippen molar-refractivity contribution in [2.24, 2.45) is 5.16 Å². The van der Waals surface area contributed by atoms with Gasteiger partial charge >= 0.3 is 5.97 Å². The van der Waals surface area contributed by atoms with Crippen LogP contribution >= 0.6 is 46.4 Å². The summed E-state index contributed by atoms with van der Waals surface area (Å²) in [5.74, 6) is -2.79. The normalized spacial score (nSPS) is 19.2. The molecule has 1 fully saturated rings. The first-order valence-electron chi connectivity index (χ1n) is 11.8. The third-order valence-corrected chi connectivity index (χ3v) is 9.88. The van der Waals surface area contributed by atoms with Crippen molar-refractivity contribution in [2.75, 3.05) is 17.2 Å². The summed E-state index contributed by atoms with van der Waals surface area (Å²) in [6.07, 6.45) is 1.11. The molecule has 2 amide bonds. The summed E-state index contributed by atoms with van der Waals surface area (Å²) in [6.45, 7) is 1.43. The fraction of sp³-hybridized carbons (Fsp3) is 0.273. The SMILES string of the molecule is CC(O/N=C(\C(=O)N[C@@H]1C(=O)N2C(C(=O)O)=C(CSc3ncns3)CS[C@H]12)c1csc(N)n1)c1cc(=O)c(O)cn1O. The summed E-state index contributed by atoms with van der Waals surface area (Å²) in [7, 11) is 0. The van der Waals surface area contributed by atoms with E-state index in [1.54, 1.807) is 0 Å². The van der Waals surface area contributed by atoms with E-state index in [0.29, 0.717) is 26.1 Å². The number of nitrogens with one attached hydrogen (secondary N) is 1. The number of β-lactam (4-membered cyclic amide) rings is 1. The molecule has 3 aromatic heterocycles. The van der Waals surface area contributed by atoms with Gasteiger partial charge in [-0.15, -0.1) is 23.1 Å². The first-order valence-corrected chi connectivity index (χ1v) is 15.4. The van der Waals surface area contributed by atoms with E-state index < -0.39 is 46.5 Å². The molecule has 0 saturated carbocycles. The second-order valence-corrected chi connectivity index (χ2v) is 12.7. The van der Waals surface area contributed by atoms with Gasteiger partial charge in [-0.3, -0.25) is 19.3 Å². The minimum absolute atomic E-state index is 0.0383. The summed E-state index contributed by atoms with van der Waals surface area (Å²) in [6, 6.07) is -0.126. The number of hydrogen-bond acceptors (Lipinski definition) is 16. The van der Waals surface area contributed by atoms with Crippen LogP contribution in [-0.2, 0) is 19.2 Å². The van der Waals surface area contributed by atoms with Crippen LogP contribution in [0.2, 0.25) is 0 Å². The van der Waals surface area contributed by atoms with Crippen LogP contribution in [0.5, 0.6) is 5.75 Å². The molecule has 0 bridgehead atoms. The minimum atomic E-state index is -1.26. The molecular weight excluding hydrogens is 633 g/mol. The van der Waals surface area contributed by atoms with Gasteiger partial charge in [0.25, 0.3) is 11.8 Å². The van der Waals surface area contributed by atoms with E-state index >= 15 is 0 Å². The van der Waals surface area contributed by atoms with Gasteiger partial charge in [-0.25, -0.2) is 14.8 Å². The van der Waals surface area contributed by atoms with E-state index in [1.807, 2.05) is 0 Å². The van der Waals surface area contributed by atoms with Crippen molar-refractivity contribution in [3.8, 4) is 5.75 Å². The molecule has 5 heterocycles. The predicted octanol–water partition coefficient (Wildman–Crippen LogP) is 0.694. The number of nitrogens with zero attached hydrogens (tertiary/aromatic N) is 6. The molecule has 0 aliphatic carbocycles. The van der Waals surface area contributed by atoms with E-state index in [1.165, 1.54) is 53.7 Å². The highest BCUT2D eigenvalue weighted by Gasteiger charge is 2.54. The van der Waals surface area contributed by atoms with Crippen molar-refractivity contribution < 1.29 is 34.6 Å². The Kier molecular flexibility index (Phi) is 8.38. The second kappa shape index (κ2) is 12.0. The Morgan fingerprint density at radius 3 is 2.83 bits per heavy atom. The number of amides is 2. The van der Waals surface area contributed by atoms with Gasteiger partial charge in [0.1, 0.15) is 34.8 Å². The lowest BCUT2D eigenvalue weighted by molar-refractivity contribution is -0.150. The van der Waals surface area contributed by atoms with Gasteiger partial charge in [-0.05, 0) is 24.0 Å². The summed E-state index contributed by atoms with van der Waals surface area (Å²) >= 11 is 4.83. The van der Waals surface area contributed by atoms with Gasteiger partial charge < -0.3 is 31.3 Å². The molecule has 5 rings (SSSR count). The predicted molar refractivity (Wildman–Crippen MR) is 152 cm³/mol. The van der Waals surface area contributed by atoms with Gasteiger partial charge in [-0.1, -0.05) is 16.9 Å². The lowest BCUT2D eigenvalue weighted by atomic mass is 10.0. The van der Waals surface area contributed by atoms with Crippen LogP contribution in [0.3, 0.4) is 0 Å². The molecule has 6 N–H and O–H groups in total. The standard InChI is InChI=1S/C22H20N8O8S4/c1-8(11-2-12(31)13(32)3-29(11)37)38-28-14(10-6-40-21(23)26-10)17(33)27-15-18(34)30-16(20(35)36)9(4-39-19(15)30)5-41-22-24-7-25-42-22/h2-3,6-8,15,19,32,37H,4-5H2,1H3,(H2,23,26)(H,27,33)(H,35,36)/b28-14-/t8?,15-,19-/m1/s1. The summed E-state index contributed by atoms with van der Waals surface area (Å²) in [5.41, 5.74) is 4.98. The van der Waals surface area contributed by atoms with Crippen LogP contribution < -0.4 is 16.5 Å². The zero-order valence-corrected chi connectivity index (χ0v) is 24.5. The van der Waals surface area contributed by atoms with Gasteiger partial charge in [0.15, 0.2) is 27.0 Å². The molecule has 42 heavy (non-hydrogen) atoms. The number of carbonyl (C=O) groups is 3. The number of carbonyl (C=O) groups excluding carboxylic acids is 2. The number of thioether (sulfide) groups is 2. The van der Waals surface area contributed by atoms with Gasteiger partial charge in [-0.2, -0.15) is 9.10 Å². The Morgan fingerprint density at radius 2 is 2.17 bits per heavy atom. The fourth-order valence-corrected chi connectivity index (χ4v) is 7.47. The Labute approximate surface area is 252 Å². The maximum atomic E-state index is 13.3. The molecule has 0 radical (unpaired) electrons. The monoisotopic (exact) mass is 652 g/mol. The number of nitrogen functional groups attached to an aromatic ring is 1. The van der Waals surface area contributed by atoms with Gasteiger partial charge in [0, 0.05) is 23.0 Å². The van der Waals surface area contributed by atoms with Crippen LogP contribution in [0.25, 0.3) is 0 Å². The Bertz CT molecular complexity index is 1670. The van der Waals surface area contributed by atoms with Crippen molar-refractivity contribution >= 4 is 75.0 Å². The average Bonchev–Trinajstić information content (AvgIpc) is 3.63. The van der Waals surface area contributed by atoms with Crippen LogP contribution in [0, 0.1) is 0 Å². The minimum Gasteiger partial charge on any atom is -0.503 e. The number of anilines is 1. The van der Waals surface area contributed by atoms with Crippen LogP contribution in [0.15, 0.2) is 49.5 Å². The molecule has 0 aromatic carbocycles. The van der Waals surface area contributed by atoms with E-state index in [4.69, 9.17) is 10.6 Å². The summed E-state index contributed by atoms with van der Waals surface area (Å²) in [5, 5.41) is 36.8. The van der Waals surface area contributed by atoms with E-state index in [0.717, 1.165) is 28.5 Å². The fourth-order valence-electron chi connectivity index (χ4n) is 4.00. The van der Waals surface area contributed by atoms with Crippen molar-refractivity contribution in [2.45, 2.75) is 28.8 Å². The lowest BCUT2D eigenvalue weighted by Gasteiger charge is -2.49.